The molecule has 0 radical (unpaired) electrons. The van der Waals surface area contributed by atoms with E-state index in [0.29, 0.717) is 0 Å². The van der Waals surface area contributed by atoms with Gasteiger partial charge in [-0.2, -0.15) is 0 Å². The lowest BCUT2D eigenvalue weighted by molar-refractivity contribution is 0.492. The maximum Gasteiger partial charge on any atom is 0.0821 e. The van der Waals surface area contributed by atoms with E-state index in [-0.39, 0.29) is 5.54 Å². The molecule has 0 fully saturated rings. The van der Waals surface area contributed by atoms with E-state index in [1.165, 1.54) is 46.4 Å². The summed E-state index contributed by atoms with van der Waals surface area (Å²) in [7, 11) is 0. The number of rotatable bonds is 1. The van der Waals surface area contributed by atoms with Crippen LogP contribution in [-0.2, 0) is 12.0 Å². The van der Waals surface area contributed by atoms with Crippen LogP contribution in [0.2, 0.25) is 0 Å². The number of nitrogens with one attached hydrogen (secondary N) is 1. The molecule has 2 aliphatic rings. The highest BCUT2D eigenvalue weighted by Crippen LogP contribution is 2.46. The van der Waals surface area contributed by atoms with Crippen LogP contribution in [0.4, 0.5) is 5.69 Å². The molecule has 1 nitrogen and oxygen atoms in total. The third kappa shape index (κ3) is 2.31. The summed E-state index contributed by atoms with van der Waals surface area (Å²) in [6.45, 7) is 0. The fourth-order valence-electron chi connectivity index (χ4n) is 4.43. The van der Waals surface area contributed by atoms with Gasteiger partial charge in [0.05, 0.1) is 5.54 Å². The highest BCUT2D eigenvalue weighted by atomic mass is 15.0. The maximum absolute atomic E-state index is 3.89. The minimum absolute atomic E-state index is 0.103. The zero-order valence-corrected chi connectivity index (χ0v) is 14.2. The van der Waals surface area contributed by atoms with Gasteiger partial charge in [0.2, 0.25) is 0 Å². The molecule has 1 heteroatoms. The standard InChI is InChI=1S/C24H21N/c1-2-9-18(10-3-1)21-17-24(25-23-15-7-5-13-20(21)23)16-8-12-19-11-4-6-14-22(19)24/h1-7,9-11,13-15,17,25H,8,12,16H2/t24-/m1/s1. The van der Waals surface area contributed by atoms with Gasteiger partial charge in [0.1, 0.15) is 0 Å². The second-order valence-electron chi connectivity index (χ2n) is 7.08. The Labute approximate surface area is 149 Å². The number of benzene rings is 3. The van der Waals surface area contributed by atoms with Crippen LogP contribution < -0.4 is 5.32 Å². The molecule has 3 aromatic rings. The van der Waals surface area contributed by atoms with E-state index in [1.807, 2.05) is 0 Å². The number of hydrogen-bond acceptors (Lipinski definition) is 1. The van der Waals surface area contributed by atoms with Gasteiger partial charge in [0.25, 0.3) is 0 Å². The molecule has 1 aliphatic heterocycles. The summed E-state index contributed by atoms with van der Waals surface area (Å²) < 4.78 is 0. The average molecular weight is 323 g/mol. The summed E-state index contributed by atoms with van der Waals surface area (Å²) in [5.41, 5.74) is 7.97. The molecule has 0 aromatic heterocycles. The van der Waals surface area contributed by atoms with Gasteiger partial charge in [-0.3, -0.25) is 0 Å². The molecule has 0 bridgehead atoms. The minimum atomic E-state index is -0.103. The summed E-state index contributed by atoms with van der Waals surface area (Å²) in [5.74, 6) is 0. The van der Waals surface area contributed by atoms with Crippen LogP contribution in [0.3, 0.4) is 0 Å². The number of para-hydroxylation sites is 1. The predicted octanol–water partition coefficient (Wildman–Crippen LogP) is 5.78. The van der Waals surface area contributed by atoms with Gasteiger partial charge in [-0.05, 0) is 53.7 Å². The molecule has 0 saturated heterocycles. The quantitative estimate of drug-likeness (QED) is 0.599. The van der Waals surface area contributed by atoms with Crippen molar-refractivity contribution in [3.05, 3.63) is 107 Å². The summed E-state index contributed by atoms with van der Waals surface area (Å²) in [6.07, 6.45) is 6.00. The van der Waals surface area contributed by atoms with Crippen LogP contribution in [0.1, 0.15) is 35.1 Å². The zero-order valence-electron chi connectivity index (χ0n) is 14.2. The highest BCUT2D eigenvalue weighted by Gasteiger charge is 2.38. The lowest BCUT2D eigenvalue weighted by Crippen LogP contribution is -2.39. The van der Waals surface area contributed by atoms with E-state index in [0.717, 1.165) is 6.42 Å². The number of hydrogen-bond donors (Lipinski definition) is 1. The van der Waals surface area contributed by atoms with Crippen LogP contribution in [0.25, 0.3) is 5.57 Å². The van der Waals surface area contributed by atoms with Crippen molar-refractivity contribution in [2.45, 2.75) is 24.8 Å². The maximum atomic E-state index is 3.89. The fraction of sp³-hybridized carbons (Fsp3) is 0.167. The summed E-state index contributed by atoms with van der Waals surface area (Å²) in [4.78, 5) is 0. The lowest BCUT2D eigenvalue weighted by Gasteiger charge is -2.42. The van der Waals surface area contributed by atoms with E-state index in [4.69, 9.17) is 0 Å². The Morgan fingerprint density at radius 1 is 0.760 bits per heavy atom. The second-order valence-corrected chi connectivity index (χ2v) is 7.08. The van der Waals surface area contributed by atoms with Crippen molar-refractivity contribution in [1.29, 1.82) is 0 Å². The van der Waals surface area contributed by atoms with Crippen LogP contribution in [0.5, 0.6) is 0 Å². The molecule has 0 amide bonds. The van der Waals surface area contributed by atoms with Gasteiger partial charge >= 0.3 is 0 Å². The molecule has 1 heterocycles. The zero-order chi connectivity index (χ0) is 16.7. The first-order valence-corrected chi connectivity index (χ1v) is 9.10. The van der Waals surface area contributed by atoms with E-state index in [9.17, 15) is 0 Å². The first-order valence-electron chi connectivity index (χ1n) is 9.10. The van der Waals surface area contributed by atoms with E-state index >= 15 is 0 Å². The highest BCUT2D eigenvalue weighted by molar-refractivity contribution is 5.90. The summed E-state index contributed by atoms with van der Waals surface area (Å²) in [5, 5.41) is 3.89. The van der Waals surface area contributed by atoms with Crippen molar-refractivity contribution in [2.75, 3.05) is 5.32 Å². The smallest absolute Gasteiger partial charge is 0.0821 e. The predicted molar refractivity (Wildman–Crippen MR) is 105 cm³/mol. The van der Waals surface area contributed by atoms with Crippen LogP contribution >= 0.6 is 0 Å². The third-order valence-electron chi connectivity index (χ3n) is 5.57. The van der Waals surface area contributed by atoms with Gasteiger partial charge in [-0.25, -0.2) is 0 Å². The van der Waals surface area contributed by atoms with Crippen LogP contribution in [-0.4, -0.2) is 0 Å². The minimum Gasteiger partial charge on any atom is -0.372 e. The first kappa shape index (κ1) is 14.5. The van der Waals surface area contributed by atoms with Gasteiger partial charge in [-0.15, -0.1) is 0 Å². The SMILES string of the molecule is C1=C(c2ccccc2)c2ccccc2N[C@]12CCCc1ccccc12. The summed E-state index contributed by atoms with van der Waals surface area (Å²) >= 11 is 0. The molecule has 1 N–H and O–H groups in total. The Kier molecular flexibility index (Phi) is 3.27. The fourth-order valence-corrected chi connectivity index (χ4v) is 4.43. The number of aryl methyl sites for hydroxylation is 1. The third-order valence-corrected chi connectivity index (χ3v) is 5.57. The first-order chi connectivity index (χ1) is 12.4. The van der Waals surface area contributed by atoms with Gasteiger partial charge < -0.3 is 5.32 Å². The Bertz CT molecular complexity index is 955. The molecule has 5 rings (SSSR count). The van der Waals surface area contributed by atoms with Crippen molar-refractivity contribution in [3.63, 3.8) is 0 Å². The molecule has 122 valence electrons. The van der Waals surface area contributed by atoms with Crippen molar-refractivity contribution >= 4 is 11.3 Å². The van der Waals surface area contributed by atoms with Crippen molar-refractivity contribution in [2.24, 2.45) is 0 Å². The molecule has 25 heavy (non-hydrogen) atoms. The molecular weight excluding hydrogens is 302 g/mol. The van der Waals surface area contributed by atoms with Gasteiger partial charge in [0, 0.05) is 11.3 Å². The van der Waals surface area contributed by atoms with Gasteiger partial charge in [-0.1, -0.05) is 72.8 Å². The van der Waals surface area contributed by atoms with Crippen molar-refractivity contribution < 1.29 is 0 Å². The van der Waals surface area contributed by atoms with E-state index < -0.39 is 0 Å². The number of anilines is 1. The van der Waals surface area contributed by atoms with Crippen LogP contribution in [0.15, 0.2) is 84.9 Å². The molecule has 0 saturated carbocycles. The average Bonchev–Trinajstić information content (AvgIpc) is 2.68. The topological polar surface area (TPSA) is 12.0 Å². The summed E-state index contributed by atoms with van der Waals surface area (Å²) in [6, 6.07) is 28.4. The molecule has 1 aliphatic carbocycles. The van der Waals surface area contributed by atoms with Gasteiger partial charge in [0.15, 0.2) is 0 Å². The Morgan fingerprint density at radius 3 is 2.44 bits per heavy atom. The van der Waals surface area contributed by atoms with Crippen molar-refractivity contribution in [1.82, 2.24) is 0 Å². The van der Waals surface area contributed by atoms with E-state index in [2.05, 4.69) is 90.3 Å². The Morgan fingerprint density at radius 2 is 1.52 bits per heavy atom. The molecule has 0 unspecified atom stereocenters. The lowest BCUT2D eigenvalue weighted by atomic mass is 9.72. The normalized spacial score (nSPS) is 21.0. The largest absolute Gasteiger partial charge is 0.372 e. The Hall–Kier alpha value is -2.80. The number of fused-ring (bicyclic) bond motifs is 3. The monoisotopic (exact) mass is 323 g/mol. The molecule has 1 atom stereocenters. The molecule has 3 aromatic carbocycles. The second kappa shape index (κ2) is 5.63. The van der Waals surface area contributed by atoms with E-state index in [1.54, 1.807) is 0 Å². The molecular formula is C24H21N. The Balaban J connectivity index is 1.77. The van der Waals surface area contributed by atoms with Crippen molar-refractivity contribution in [3.8, 4) is 0 Å². The molecule has 1 spiro atoms. The van der Waals surface area contributed by atoms with Crippen LogP contribution in [0, 0.1) is 0 Å².